The molecule has 0 atom stereocenters. The maximum absolute atomic E-state index is 11.4. The van der Waals surface area contributed by atoms with E-state index >= 15 is 0 Å². The molecular weight excluding hydrogens is 286 g/mol. The van der Waals surface area contributed by atoms with E-state index in [1.165, 1.54) is 6.21 Å². The van der Waals surface area contributed by atoms with Gasteiger partial charge in [-0.2, -0.15) is 5.10 Å². The highest BCUT2D eigenvalue weighted by molar-refractivity contribution is 6.31. The van der Waals surface area contributed by atoms with Crippen LogP contribution in [0.5, 0.6) is 0 Å². The van der Waals surface area contributed by atoms with Gasteiger partial charge in [0.1, 0.15) is 5.71 Å². The van der Waals surface area contributed by atoms with Crippen LogP contribution in [0.3, 0.4) is 0 Å². The third-order valence-electron chi connectivity index (χ3n) is 2.60. The van der Waals surface area contributed by atoms with E-state index in [1.807, 2.05) is 27.7 Å². The quantitative estimate of drug-likeness (QED) is 0.237. The smallest absolute Gasteiger partial charge is 0.156 e. The van der Waals surface area contributed by atoms with Gasteiger partial charge in [-0.15, -0.1) is 0 Å². The summed E-state index contributed by atoms with van der Waals surface area (Å²) >= 11 is 0. The number of nitrogens with two attached hydrogens (primary N) is 1. The van der Waals surface area contributed by atoms with E-state index in [0.29, 0.717) is 32.1 Å². The van der Waals surface area contributed by atoms with Crippen LogP contribution >= 0.6 is 0 Å². The molecule has 0 fully saturated rings. The van der Waals surface area contributed by atoms with Crippen molar-refractivity contribution in [3.63, 3.8) is 0 Å². The first-order chi connectivity index (χ1) is 10.5. The maximum atomic E-state index is 11.4. The van der Waals surface area contributed by atoms with E-state index in [1.54, 1.807) is 0 Å². The molecule has 128 valence electrons. The molecule has 0 aliphatic heterocycles. The van der Waals surface area contributed by atoms with Gasteiger partial charge in [0, 0.05) is 12.1 Å². The first kappa shape index (κ1) is 20.7. The molecule has 2 N–H and O–H groups in total. The van der Waals surface area contributed by atoms with Crippen molar-refractivity contribution < 1.29 is 19.0 Å². The number of aliphatic imine (C=N–C) groups is 1. The van der Waals surface area contributed by atoms with E-state index in [0.717, 1.165) is 0 Å². The van der Waals surface area contributed by atoms with Gasteiger partial charge in [0.15, 0.2) is 5.78 Å². The number of carbonyl (C=O) groups is 1. The molecule has 0 aromatic heterocycles. The number of hydrogen-bond donors (Lipinski definition) is 1. The highest BCUT2D eigenvalue weighted by atomic mass is 16.5. The molecule has 7 heteroatoms. The minimum atomic E-state index is -0.0245. The molecule has 0 rings (SSSR count). The molecule has 0 saturated heterocycles. The monoisotopic (exact) mass is 315 g/mol. The maximum Gasteiger partial charge on any atom is 0.156 e. The summed E-state index contributed by atoms with van der Waals surface area (Å²) in [6.45, 7) is 10.0. The fourth-order valence-electron chi connectivity index (χ4n) is 1.27. The standard InChI is InChI=1S/C15H29N3O4/c1-12(2)15(19)10-17-9-14(18-16)11-21-6-5-20-7-8-22-13(3)4/h9,12-13H,5-8,10-11,16H2,1-4H3/b17-9?,18-14+. The molecule has 7 nitrogen and oxygen atoms in total. The van der Waals surface area contributed by atoms with Crippen molar-refractivity contribution in [1.82, 2.24) is 0 Å². The summed E-state index contributed by atoms with van der Waals surface area (Å²) < 4.78 is 16.0. The Balaban J connectivity index is 3.66. The Kier molecular flexibility index (Phi) is 12.6. The molecule has 0 radical (unpaired) electrons. The van der Waals surface area contributed by atoms with Crippen LogP contribution in [0.2, 0.25) is 0 Å². The van der Waals surface area contributed by atoms with Crippen molar-refractivity contribution in [2.24, 2.45) is 21.9 Å². The van der Waals surface area contributed by atoms with Crippen LogP contribution in [0.1, 0.15) is 27.7 Å². The van der Waals surface area contributed by atoms with E-state index in [-0.39, 0.29) is 31.0 Å². The third-order valence-corrected chi connectivity index (χ3v) is 2.60. The lowest BCUT2D eigenvalue weighted by atomic mass is 10.1. The Bertz CT molecular complexity index is 355. The molecule has 0 aliphatic rings. The normalized spacial score (nSPS) is 12.7. The molecule has 0 aromatic rings. The Hall–Kier alpha value is -1.31. The van der Waals surface area contributed by atoms with Crippen LogP contribution in [0.25, 0.3) is 0 Å². The molecule has 0 heterocycles. The SMILES string of the molecule is CC(C)OCCOCCOC/C(C=NCC(=O)C(C)C)=N/N. The Morgan fingerprint density at radius 1 is 1.09 bits per heavy atom. The summed E-state index contributed by atoms with van der Waals surface area (Å²) in [4.78, 5) is 15.4. The average Bonchev–Trinajstić information content (AvgIpc) is 2.47. The number of Topliss-reactive ketones (excluding diaryl/α,β-unsaturated/α-hetero) is 1. The van der Waals surface area contributed by atoms with Crippen LogP contribution in [0.15, 0.2) is 10.1 Å². The number of rotatable bonds is 13. The number of nitrogens with zero attached hydrogens (tertiary/aromatic N) is 2. The molecular formula is C15H29N3O4. The lowest BCUT2D eigenvalue weighted by Crippen LogP contribution is -2.17. The summed E-state index contributed by atoms with van der Waals surface area (Å²) in [5.41, 5.74) is 0.486. The lowest BCUT2D eigenvalue weighted by Gasteiger charge is -2.08. The molecule has 0 saturated carbocycles. The van der Waals surface area contributed by atoms with Crippen LogP contribution in [0.4, 0.5) is 0 Å². The van der Waals surface area contributed by atoms with Crippen LogP contribution in [-0.2, 0) is 19.0 Å². The van der Waals surface area contributed by atoms with Crippen molar-refractivity contribution in [3.8, 4) is 0 Å². The molecule has 0 bridgehead atoms. The van der Waals surface area contributed by atoms with Crippen LogP contribution in [-0.4, -0.2) is 63.4 Å². The largest absolute Gasteiger partial charge is 0.377 e. The van der Waals surface area contributed by atoms with Crippen LogP contribution < -0.4 is 5.84 Å². The van der Waals surface area contributed by atoms with Gasteiger partial charge >= 0.3 is 0 Å². The summed E-state index contributed by atoms with van der Waals surface area (Å²) in [7, 11) is 0. The minimum absolute atomic E-state index is 0.0245. The number of ether oxygens (including phenoxy) is 3. The summed E-state index contributed by atoms with van der Waals surface area (Å²) in [5, 5.41) is 3.57. The fraction of sp³-hybridized carbons (Fsp3) is 0.800. The van der Waals surface area contributed by atoms with E-state index in [9.17, 15) is 4.79 Å². The van der Waals surface area contributed by atoms with Crippen molar-refractivity contribution in [3.05, 3.63) is 0 Å². The Morgan fingerprint density at radius 2 is 1.73 bits per heavy atom. The summed E-state index contributed by atoms with van der Waals surface area (Å²) in [6.07, 6.45) is 1.68. The Labute approximate surface area is 132 Å². The first-order valence-electron chi connectivity index (χ1n) is 7.53. The molecule has 0 amide bonds. The highest BCUT2D eigenvalue weighted by Crippen LogP contribution is 1.93. The van der Waals surface area contributed by atoms with Gasteiger partial charge in [-0.25, -0.2) is 0 Å². The van der Waals surface area contributed by atoms with Crippen molar-refractivity contribution in [2.45, 2.75) is 33.8 Å². The van der Waals surface area contributed by atoms with E-state index < -0.39 is 0 Å². The van der Waals surface area contributed by atoms with Gasteiger partial charge in [0.05, 0.1) is 45.7 Å². The summed E-state index contributed by atoms with van der Waals surface area (Å²) in [5.74, 6) is 5.29. The van der Waals surface area contributed by atoms with Gasteiger partial charge in [-0.05, 0) is 13.8 Å². The predicted molar refractivity (Wildman–Crippen MR) is 87.6 cm³/mol. The zero-order valence-electron chi connectivity index (χ0n) is 14.1. The Morgan fingerprint density at radius 3 is 2.32 bits per heavy atom. The second-order valence-electron chi connectivity index (χ2n) is 5.30. The number of hydrazone groups is 1. The van der Waals surface area contributed by atoms with Crippen LogP contribution in [0, 0.1) is 5.92 Å². The van der Waals surface area contributed by atoms with Crippen molar-refractivity contribution in [1.29, 1.82) is 0 Å². The molecule has 22 heavy (non-hydrogen) atoms. The second-order valence-corrected chi connectivity index (χ2v) is 5.30. The van der Waals surface area contributed by atoms with Gasteiger partial charge in [0.2, 0.25) is 0 Å². The van der Waals surface area contributed by atoms with Crippen molar-refractivity contribution >= 4 is 17.7 Å². The van der Waals surface area contributed by atoms with Gasteiger partial charge in [-0.1, -0.05) is 13.8 Å². The van der Waals surface area contributed by atoms with Gasteiger partial charge in [0.25, 0.3) is 0 Å². The highest BCUT2D eigenvalue weighted by Gasteiger charge is 2.05. The predicted octanol–water partition coefficient (Wildman–Crippen LogP) is 1.06. The molecule has 0 spiro atoms. The lowest BCUT2D eigenvalue weighted by molar-refractivity contribution is -0.120. The molecule has 0 aromatic carbocycles. The zero-order chi connectivity index (χ0) is 16.8. The number of hydrogen-bond acceptors (Lipinski definition) is 7. The number of carbonyl (C=O) groups excluding carboxylic acids is 1. The molecule has 0 aliphatic carbocycles. The van der Waals surface area contributed by atoms with E-state index in [4.69, 9.17) is 20.1 Å². The second kappa shape index (κ2) is 13.4. The zero-order valence-corrected chi connectivity index (χ0v) is 14.1. The first-order valence-corrected chi connectivity index (χ1v) is 7.53. The van der Waals surface area contributed by atoms with E-state index in [2.05, 4.69) is 10.1 Å². The molecule has 0 unspecified atom stereocenters. The average molecular weight is 315 g/mol. The topological polar surface area (TPSA) is 95.5 Å². The fourth-order valence-corrected chi connectivity index (χ4v) is 1.27. The minimum Gasteiger partial charge on any atom is -0.377 e. The summed E-state index contributed by atoms with van der Waals surface area (Å²) in [6, 6.07) is 0. The van der Waals surface area contributed by atoms with Gasteiger partial charge in [-0.3, -0.25) is 9.79 Å². The van der Waals surface area contributed by atoms with Gasteiger partial charge < -0.3 is 20.1 Å². The third kappa shape index (κ3) is 12.4. The number of ketones is 1. The van der Waals surface area contributed by atoms with Crippen molar-refractivity contribution in [2.75, 3.05) is 39.6 Å².